The highest BCUT2D eigenvalue weighted by Gasteiger charge is 2.29. The van der Waals surface area contributed by atoms with Crippen molar-refractivity contribution < 1.29 is 10.0 Å². The molecule has 1 aromatic heterocycles. The van der Waals surface area contributed by atoms with Crippen molar-refractivity contribution in [2.45, 2.75) is 25.4 Å². The van der Waals surface area contributed by atoms with Gasteiger partial charge in [-0.2, -0.15) is 0 Å². The maximum Gasteiger partial charge on any atom is 0.276 e. The SMILES string of the molecule is CC1(O)CCCN(c2cc([N+](=O)[O-])cc(NN)n2)C1. The number of hydrogen-bond acceptors (Lipinski definition) is 7. The molecule has 8 nitrogen and oxygen atoms in total. The van der Waals surface area contributed by atoms with Crippen LogP contribution in [0.4, 0.5) is 17.3 Å². The molecule has 0 radical (unpaired) electrons. The molecule has 0 bridgehead atoms. The minimum absolute atomic E-state index is 0.0804. The molecule has 2 heterocycles. The van der Waals surface area contributed by atoms with E-state index in [-0.39, 0.29) is 11.5 Å². The number of piperidine rings is 1. The minimum Gasteiger partial charge on any atom is -0.388 e. The average Bonchev–Trinajstić information content (AvgIpc) is 2.37. The Labute approximate surface area is 110 Å². The van der Waals surface area contributed by atoms with Crippen molar-refractivity contribution in [2.75, 3.05) is 23.4 Å². The largest absolute Gasteiger partial charge is 0.388 e. The van der Waals surface area contributed by atoms with Crippen LogP contribution >= 0.6 is 0 Å². The molecule has 1 aliphatic rings. The number of aromatic nitrogens is 1. The van der Waals surface area contributed by atoms with Crippen LogP contribution in [0.3, 0.4) is 0 Å². The van der Waals surface area contributed by atoms with Crippen molar-refractivity contribution in [1.29, 1.82) is 0 Å². The first kappa shape index (κ1) is 13.5. The van der Waals surface area contributed by atoms with Gasteiger partial charge < -0.3 is 15.4 Å². The number of rotatable bonds is 3. The first-order chi connectivity index (χ1) is 8.91. The van der Waals surface area contributed by atoms with Gasteiger partial charge in [0, 0.05) is 13.1 Å². The Bertz CT molecular complexity index is 491. The molecule has 2 rings (SSSR count). The summed E-state index contributed by atoms with van der Waals surface area (Å²) in [5.74, 6) is 5.94. The van der Waals surface area contributed by atoms with Crippen molar-refractivity contribution in [3.05, 3.63) is 22.2 Å². The Morgan fingerprint density at radius 1 is 1.63 bits per heavy atom. The quantitative estimate of drug-likeness (QED) is 0.417. The van der Waals surface area contributed by atoms with E-state index in [4.69, 9.17) is 5.84 Å². The van der Waals surface area contributed by atoms with Gasteiger partial charge in [0.15, 0.2) is 0 Å². The Morgan fingerprint density at radius 3 is 2.95 bits per heavy atom. The van der Waals surface area contributed by atoms with Gasteiger partial charge in [-0.25, -0.2) is 10.8 Å². The zero-order valence-corrected chi connectivity index (χ0v) is 10.7. The first-order valence-electron chi connectivity index (χ1n) is 6.02. The average molecular weight is 267 g/mol. The number of nitrogens with one attached hydrogen (secondary N) is 1. The Balaban J connectivity index is 2.33. The van der Waals surface area contributed by atoms with Crippen LogP contribution in [0.5, 0.6) is 0 Å². The van der Waals surface area contributed by atoms with Gasteiger partial charge >= 0.3 is 0 Å². The number of anilines is 2. The molecule has 0 saturated carbocycles. The molecule has 1 aromatic rings. The van der Waals surface area contributed by atoms with Crippen LogP contribution in [0.1, 0.15) is 19.8 Å². The third kappa shape index (κ3) is 3.09. The van der Waals surface area contributed by atoms with Gasteiger partial charge in [-0.15, -0.1) is 0 Å². The van der Waals surface area contributed by atoms with E-state index in [1.807, 2.05) is 4.90 Å². The first-order valence-corrected chi connectivity index (χ1v) is 6.02. The van der Waals surface area contributed by atoms with Crippen molar-refractivity contribution in [2.24, 2.45) is 5.84 Å². The molecule has 1 unspecified atom stereocenters. The fourth-order valence-electron chi connectivity index (χ4n) is 2.26. The fourth-order valence-corrected chi connectivity index (χ4v) is 2.26. The maximum atomic E-state index is 10.9. The summed E-state index contributed by atoms with van der Waals surface area (Å²) in [6.45, 7) is 2.85. The van der Waals surface area contributed by atoms with Crippen LogP contribution in [0.25, 0.3) is 0 Å². The highest BCUT2D eigenvalue weighted by atomic mass is 16.6. The molecule has 1 fully saturated rings. The second-order valence-corrected chi connectivity index (χ2v) is 4.99. The summed E-state index contributed by atoms with van der Waals surface area (Å²) in [5, 5.41) is 20.9. The van der Waals surface area contributed by atoms with E-state index < -0.39 is 10.5 Å². The maximum absolute atomic E-state index is 10.9. The number of nitrogens with two attached hydrogens (primary N) is 1. The van der Waals surface area contributed by atoms with E-state index in [0.29, 0.717) is 25.3 Å². The number of nitro groups is 1. The standard InChI is InChI=1S/C11H17N5O3/c1-11(17)3-2-4-15(7-11)10-6-8(16(18)19)5-9(13-10)14-12/h5-6,17H,2-4,7,12H2,1H3,(H,13,14). The van der Waals surface area contributed by atoms with Crippen LogP contribution in [0.2, 0.25) is 0 Å². The third-order valence-corrected chi connectivity index (χ3v) is 3.15. The van der Waals surface area contributed by atoms with Gasteiger partial charge in [0.1, 0.15) is 11.6 Å². The Morgan fingerprint density at radius 2 is 2.37 bits per heavy atom. The number of nitrogen functional groups attached to an aromatic ring is 1. The summed E-state index contributed by atoms with van der Waals surface area (Å²) in [6.07, 6.45) is 1.52. The molecule has 8 heteroatoms. The van der Waals surface area contributed by atoms with Crippen LogP contribution in [0.15, 0.2) is 12.1 Å². The normalized spacial score (nSPS) is 23.2. The number of β-amino-alcohol motifs (C(OH)–C–C–N with tert-alkyl or cyclic N) is 1. The molecule has 0 aromatic carbocycles. The summed E-state index contributed by atoms with van der Waals surface area (Å²) in [6, 6.07) is 2.66. The molecular weight excluding hydrogens is 250 g/mol. The Hall–Kier alpha value is -1.93. The summed E-state index contributed by atoms with van der Waals surface area (Å²) in [4.78, 5) is 16.4. The highest BCUT2D eigenvalue weighted by molar-refractivity contribution is 5.55. The second-order valence-electron chi connectivity index (χ2n) is 4.99. The van der Waals surface area contributed by atoms with E-state index in [1.165, 1.54) is 12.1 Å². The molecule has 104 valence electrons. The van der Waals surface area contributed by atoms with Crippen molar-refractivity contribution >= 4 is 17.3 Å². The lowest BCUT2D eigenvalue weighted by molar-refractivity contribution is -0.384. The van der Waals surface area contributed by atoms with E-state index in [9.17, 15) is 15.2 Å². The number of hydrazine groups is 1. The zero-order valence-electron chi connectivity index (χ0n) is 10.7. The molecule has 1 aliphatic heterocycles. The van der Waals surface area contributed by atoms with Gasteiger partial charge in [-0.05, 0) is 19.8 Å². The van der Waals surface area contributed by atoms with Crippen molar-refractivity contribution in [3.8, 4) is 0 Å². The zero-order chi connectivity index (χ0) is 14.0. The summed E-state index contributed by atoms with van der Waals surface area (Å²) in [5.41, 5.74) is 1.43. The molecule has 0 amide bonds. The van der Waals surface area contributed by atoms with Gasteiger partial charge in [-0.1, -0.05) is 0 Å². The second kappa shape index (κ2) is 4.98. The predicted octanol–water partition coefficient (Wildman–Crippen LogP) is 0.627. The Kier molecular flexibility index (Phi) is 3.54. The molecule has 0 spiro atoms. The van der Waals surface area contributed by atoms with Crippen LogP contribution in [-0.2, 0) is 0 Å². The van der Waals surface area contributed by atoms with Gasteiger partial charge in [0.05, 0.1) is 22.7 Å². The molecule has 19 heavy (non-hydrogen) atoms. The lowest BCUT2D eigenvalue weighted by atomic mass is 9.95. The lowest BCUT2D eigenvalue weighted by Crippen LogP contribution is -2.46. The van der Waals surface area contributed by atoms with Crippen molar-refractivity contribution in [3.63, 3.8) is 0 Å². The third-order valence-electron chi connectivity index (χ3n) is 3.15. The summed E-state index contributed by atoms with van der Waals surface area (Å²) >= 11 is 0. The summed E-state index contributed by atoms with van der Waals surface area (Å²) < 4.78 is 0. The van der Waals surface area contributed by atoms with Crippen molar-refractivity contribution in [1.82, 2.24) is 4.98 Å². The predicted molar refractivity (Wildman–Crippen MR) is 70.8 cm³/mol. The fraction of sp³-hybridized carbons (Fsp3) is 0.545. The topological polar surface area (TPSA) is 118 Å². The lowest BCUT2D eigenvalue weighted by Gasteiger charge is -2.37. The van der Waals surface area contributed by atoms with E-state index in [0.717, 1.165) is 6.42 Å². The van der Waals surface area contributed by atoms with Gasteiger partial charge in [0.2, 0.25) is 0 Å². The number of hydrogen-bond donors (Lipinski definition) is 3. The smallest absolute Gasteiger partial charge is 0.276 e. The number of aliphatic hydroxyl groups is 1. The molecule has 4 N–H and O–H groups in total. The van der Waals surface area contributed by atoms with E-state index in [1.54, 1.807) is 6.92 Å². The minimum atomic E-state index is -0.805. The molecule has 1 saturated heterocycles. The van der Waals surface area contributed by atoms with Crippen LogP contribution in [0, 0.1) is 10.1 Å². The van der Waals surface area contributed by atoms with E-state index >= 15 is 0 Å². The van der Waals surface area contributed by atoms with Gasteiger partial charge in [-0.3, -0.25) is 10.1 Å². The van der Waals surface area contributed by atoms with Crippen LogP contribution in [-0.4, -0.2) is 33.7 Å². The molecular formula is C11H17N5O3. The number of pyridine rings is 1. The van der Waals surface area contributed by atoms with Gasteiger partial charge in [0.25, 0.3) is 5.69 Å². The monoisotopic (exact) mass is 267 g/mol. The summed E-state index contributed by atoms with van der Waals surface area (Å²) in [7, 11) is 0. The molecule has 0 aliphatic carbocycles. The molecule has 1 atom stereocenters. The number of nitrogens with zero attached hydrogens (tertiary/aromatic N) is 3. The highest BCUT2D eigenvalue weighted by Crippen LogP contribution is 2.28. The van der Waals surface area contributed by atoms with E-state index in [2.05, 4.69) is 10.4 Å². The van der Waals surface area contributed by atoms with Crippen LogP contribution < -0.4 is 16.2 Å².